The van der Waals surface area contributed by atoms with Crippen LogP contribution in [-0.2, 0) is 12.8 Å². The highest BCUT2D eigenvalue weighted by atomic mass is 16.5. The molecule has 0 spiro atoms. The molecule has 0 radical (unpaired) electrons. The molecular weight excluding hydrogens is 216 g/mol. The summed E-state index contributed by atoms with van der Waals surface area (Å²) in [6, 6.07) is 3.82. The zero-order valence-electron chi connectivity index (χ0n) is 10.4. The first-order valence-electron chi connectivity index (χ1n) is 6.01. The highest BCUT2D eigenvalue weighted by Gasteiger charge is 2.10. The Hall–Kier alpha value is -1.26. The lowest BCUT2D eigenvalue weighted by molar-refractivity contribution is 0.368. The molecule has 96 valence electrons. The number of hydrogen-bond acceptors (Lipinski definition) is 4. The van der Waals surface area contributed by atoms with E-state index in [4.69, 9.17) is 16.2 Å². The van der Waals surface area contributed by atoms with Gasteiger partial charge in [0.15, 0.2) is 11.5 Å². The molecule has 0 aliphatic heterocycles. The van der Waals surface area contributed by atoms with Crippen LogP contribution in [0.15, 0.2) is 12.1 Å². The molecule has 1 aromatic carbocycles. The standard InChI is InChI=1S/C13H22N2O2/c1-17-13-11(5-3-7-15)8-10(4-2-6-14)9-12(13)16/h8-9,16H,2-7,14-15H2,1H3. The molecule has 0 aliphatic carbocycles. The summed E-state index contributed by atoms with van der Waals surface area (Å²) >= 11 is 0. The van der Waals surface area contributed by atoms with Gasteiger partial charge in [-0.25, -0.2) is 0 Å². The number of rotatable bonds is 7. The monoisotopic (exact) mass is 238 g/mol. The van der Waals surface area contributed by atoms with Crippen molar-refractivity contribution < 1.29 is 9.84 Å². The van der Waals surface area contributed by atoms with E-state index in [1.54, 1.807) is 13.2 Å². The molecule has 0 atom stereocenters. The molecule has 0 amide bonds. The zero-order chi connectivity index (χ0) is 12.7. The third-order valence-electron chi connectivity index (χ3n) is 2.73. The summed E-state index contributed by atoms with van der Waals surface area (Å²) in [5.41, 5.74) is 13.1. The van der Waals surface area contributed by atoms with E-state index in [1.807, 2.05) is 0 Å². The summed E-state index contributed by atoms with van der Waals surface area (Å²) in [4.78, 5) is 0. The van der Waals surface area contributed by atoms with Crippen LogP contribution in [0.1, 0.15) is 24.0 Å². The van der Waals surface area contributed by atoms with Crippen LogP contribution in [0.3, 0.4) is 0 Å². The van der Waals surface area contributed by atoms with Crippen molar-refractivity contribution in [2.75, 3.05) is 20.2 Å². The number of aromatic hydroxyl groups is 1. The van der Waals surface area contributed by atoms with Gasteiger partial charge in [-0.3, -0.25) is 0 Å². The first-order chi connectivity index (χ1) is 8.22. The summed E-state index contributed by atoms with van der Waals surface area (Å²) in [6.45, 7) is 1.29. The van der Waals surface area contributed by atoms with Crippen molar-refractivity contribution in [2.45, 2.75) is 25.7 Å². The predicted molar refractivity (Wildman–Crippen MR) is 69.4 cm³/mol. The van der Waals surface area contributed by atoms with E-state index in [-0.39, 0.29) is 5.75 Å². The first-order valence-corrected chi connectivity index (χ1v) is 6.01. The quantitative estimate of drug-likeness (QED) is 0.666. The highest BCUT2D eigenvalue weighted by molar-refractivity contribution is 5.48. The van der Waals surface area contributed by atoms with Gasteiger partial charge < -0.3 is 21.3 Å². The summed E-state index contributed by atoms with van der Waals surface area (Å²) in [7, 11) is 1.57. The van der Waals surface area contributed by atoms with Gasteiger partial charge in [-0.1, -0.05) is 6.07 Å². The van der Waals surface area contributed by atoms with Gasteiger partial charge >= 0.3 is 0 Å². The van der Waals surface area contributed by atoms with E-state index in [1.165, 1.54) is 0 Å². The first kappa shape index (κ1) is 13.8. The molecule has 4 nitrogen and oxygen atoms in total. The minimum Gasteiger partial charge on any atom is -0.504 e. The van der Waals surface area contributed by atoms with Gasteiger partial charge in [0.05, 0.1) is 7.11 Å². The molecule has 0 aliphatic rings. The summed E-state index contributed by atoms with van der Waals surface area (Å²) < 4.78 is 5.22. The van der Waals surface area contributed by atoms with Crippen LogP contribution in [0, 0.1) is 0 Å². The minimum absolute atomic E-state index is 0.203. The Labute approximate surface area is 103 Å². The van der Waals surface area contributed by atoms with Crippen LogP contribution in [0.4, 0.5) is 0 Å². The Morgan fingerprint density at radius 1 is 1.12 bits per heavy atom. The van der Waals surface area contributed by atoms with Gasteiger partial charge in [0.2, 0.25) is 0 Å². The maximum atomic E-state index is 9.88. The van der Waals surface area contributed by atoms with Crippen LogP contribution in [0.25, 0.3) is 0 Å². The van der Waals surface area contributed by atoms with Crippen LogP contribution in [0.5, 0.6) is 11.5 Å². The number of benzene rings is 1. The van der Waals surface area contributed by atoms with Gasteiger partial charge in [0.25, 0.3) is 0 Å². The van der Waals surface area contributed by atoms with Crippen molar-refractivity contribution in [2.24, 2.45) is 11.5 Å². The Kier molecular flexibility index (Phi) is 5.80. The second-order valence-electron chi connectivity index (χ2n) is 4.09. The smallest absolute Gasteiger partial charge is 0.163 e. The number of phenols is 1. The average molecular weight is 238 g/mol. The second-order valence-corrected chi connectivity index (χ2v) is 4.09. The van der Waals surface area contributed by atoms with Gasteiger partial charge in [0, 0.05) is 0 Å². The van der Waals surface area contributed by atoms with Gasteiger partial charge in [-0.05, 0) is 56.0 Å². The van der Waals surface area contributed by atoms with Crippen molar-refractivity contribution in [3.63, 3.8) is 0 Å². The van der Waals surface area contributed by atoms with Crippen molar-refractivity contribution in [3.8, 4) is 11.5 Å². The fourth-order valence-electron chi connectivity index (χ4n) is 1.90. The van der Waals surface area contributed by atoms with Crippen LogP contribution >= 0.6 is 0 Å². The SMILES string of the molecule is COc1c(O)cc(CCCN)cc1CCCN. The van der Waals surface area contributed by atoms with Crippen molar-refractivity contribution in [1.82, 2.24) is 0 Å². The van der Waals surface area contributed by atoms with E-state index in [2.05, 4.69) is 6.07 Å². The molecule has 0 fully saturated rings. The molecule has 17 heavy (non-hydrogen) atoms. The summed E-state index contributed by atoms with van der Waals surface area (Å²) in [5.74, 6) is 0.768. The number of phenolic OH excluding ortho intramolecular Hbond substituents is 1. The van der Waals surface area contributed by atoms with E-state index < -0.39 is 0 Å². The van der Waals surface area contributed by atoms with E-state index >= 15 is 0 Å². The Morgan fingerprint density at radius 3 is 2.35 bits per heavy atom. The fraction of sp³-hybridized carbons (Fsp3) is 0.538. The Morgan fingerprint density at radius 2 is 1.76 bits per heavy atom. The third kappa shape index (κ3) is 3.91. The molecule has 0 heterocycles. The van der Waals surface area contributed by atoms with Gasteiger partial charge in [-0.15, -0.1) is 0 Å². The zero-order valence-corrected chi connectivity index (χ0v) is 10.4. The molecule has 0 saturated carbocycles. The van der Waals surface area contributed by atoms with Crippen molar-refractivity contribution >= 4 is 0 Å². The molecular formula is C13H22N2O2. The number of methoxy groups -OCH3 is 1. The summed E-state index contributed by atoms with van der Waals surface area (Å²) in [5, 5.41) is 9.88. The second kappa shape index (κ2) is 7.14. The lowest BCUT2D eigenvalue weighted by atomic mass is 10.0. The van der Waals surface area contributed by atoms with Gasteiger partial charge in [0.1, 0.15) is 0 Å². The highest BCUT2D eigenvalue weighted by Crippen LogP contribution is 2.32. The van der Waals surface area contributed by atoms with E-state index in [0.717, 1.165) is 36.8 Å². The molecule has 4 heteroatoms. The van der Waals surface area contributed by atoms with E-state index in [0.29, 0.717) is 18.8 Å². The fourth-order valence-corrected chi connectivity index (χ4v) is 1.90. The maximum absolute atomic E-state index is 9.88. The number of nitrogens with two attached hydrogens (primary N) is 2. The van der Waals surface area contributed by atoms with Crippen LogP contribution in [0.2, 0.25) is 0 Å². The van der Waals surface area contributed by atoms with Crippen LogP contribution < -0.4 is 16.2 Å². The molecule has 0 bridgehead atoms. The largest absolute Gasteiger partial charge is 0.504 e. The Bertz CT molecular complexity index is 354. The Balaban J connectivity index is 2.92. The molecule has 5 N–H and O–H groups in total. The number of aryl methyl sites for hydroxylation is 2. The molecule has 0 unspecified atom stereocenters. The average Bonchev–Trinajstić information content (AvgIpc) is 2.33. The van der Waals surface area contributed by atoms with Crippen molar-refractivity contribution in [3.05, 3.63) is 23.3 Å². The molecule has 0 saturated heterocycles. The molecule has 1 rings (SSSR count). The lowest BCUT2D eigenvalue weighted by Gasteiger charge is -2.12. The van der Waals surface area contributed by atoms with E-state index in [9.17, 15) is 5.11 Å². The van der Waals surface area contributed by atoms with Crippen molar-refractivity contribution in [1.29, 1.82) is 0 Å². The predicted octanol–water partition coefficient (Wildman–Crippen LogP) is 1.18. The molecule has 0 aromatic heterocycles. The maximum Gasteiger partial charge on any atom is 0.163 e. The molecule has 1 aromatic rings. The number of ether oxygens (including phenoxy) is 1. The van der Waals surface area contributed by atoms with Crippen LogP contribution in [-0.4, -0.2) is 25.3 Å². The third-order valence-corrected chi connectivity index (χ3v) is 2.73. The topological polar surface area (TPSA) is 81.5 Å². The minimum atomic E-state index is 0.203. The number of hydrogen-bond donors (Lipinski definition) is 3. The van der Waals surface area contributed by atoms with Gasteiger partial charge in [-0.2, -0.15) is 0 Å². The summed E-state index contributed by atoms with van der Waals surface area (Å²) in [6.07, 6.45) is 3.51. The lowest BCUT2D eigenvalue weighted by Crippen LogP contribution is -2.04. The normalized spacial score (nSPS) is 10.5.